The summed E-state index contributed by atoms with van der Waals surface area (Å²) in [5.41, 5.74) is 2.29. The highest BCUT2D eigenvalue weighted by molar-refractivity contribution is 8.01. The first-order valence-electron chi connectivity index (χ1n) is 9.07. The maximum atomic E-state index is 12.4. The Morgan fingerprint density at radius 3 is 2.67 bits per heavy atom. The minimum absolute atomic E-state index is 0.135. The number of anilines is 1. The lowest BCUT2D eigenvalue weighted by Gasteiger charge is -2.07. The zero-order valence-corrected chi connectivity index (χ0v) is 19.0. The van der Waals surface area contributed by atoms with Crippen LogP contribution in [0.5, 0.6) is 0 Å². The second-order valence-electron chi connectivity index (χ2n) is 6.45. The van der Waals surface area contributed by atoms with Crippen LogP contribution < -0.4 is 5.32 Å². The van der Waals surface area contributed by atoms with Crippen molar-refractivity contribution in [3.05, 3.63) is 48.0 Å². The monoisotopic (exact) mass is 466 g/mol. The molecule has 0 unspecified atom stereocenters. The van der Waals surface area contributed by atoms with Crippen LogP contribution in [0.3, 0.4) is 0 Å². The van der Waals surface area contributed by atoms with Crippen LogP contribution in [-0.4, -0.2) is 51.3 Å². The fraction of sp³-hybridized carbons (Fsp3) is 0.300. The number of nitrogens with zero attached hydrogens (tertiary/aromatic N) is 1. The smallest absolute Gasteiger partial charge is 0.239 e. The van der Waals surface area contributed by atoms with Crippen molar-refractivity contribution in [3.8, 4) is 0 Å². The van der Waals surface area contributed by atoms with Gasteiger partial charge in [0.15, 0.2) is 14.2 Å². The molecule has 1 heterocycles. The summed E-state index contributed by atoms with van der Waals surface area (Å²) < 4.78 is 37.0. The number of rotatable bonds is 10. The lowest BCUT2D eigenvalue weighted by atomic mass is 10.2. The van der Waals surface area contributed by atoms with Crippen molar-refractivity contribution in [1.82, 2.24) is 4.98 Å². The van der Waals surface area contributed by atoms with Gasteiger partial charge in [-0.15, -0.1) is 11.3 Å². The number of nitrogens with one attached hydrogen (secondary N) is 1. The summed E-state index contributed by atoms with van der Waals surface area (Å²) in [5.74, 6) is -0.721. The van der Waals surface area contributed by atoms with Crippen molar-refractivity contribution in [2.75, 3.05) is 37.3 Å². The van der Waals surface area contributed by atoms with Gasteiger partial charge in [0, 0.05) is 12.8 Å². The van der Waals surface area contributed by atoms with E-state index in [1.807, 2.05) is 6.92 Å². The van der Waals surface area contributed by atoms with Crippen molar-refractivity contribution in [1.29, 1.82) is 0 Å². The van der Waals surface area contributed by atoms with E-state index in [0.717, 1.165) is 20.1 Å². The SMILES string of the molecule is COCCOCSc1nc2ccc(NC(=O)CS(=O)(=O)c3ccc(C)cc3)cc2s1. The summed E-state index contributed by atoms with van der Waals surface area (Å²) in [6, 6.07) is 11.7. The Labute approximate surface area is 183 Å². The van der Waals surface area contributed by atoms with E-state index in [1.165, 1.54) is 35.2 Å². The molecule has 0 atom stereocenters. The first-order chi connectivity index (χ1) is 14.4. The Morgan fingerprint density at radius 1 is 1.17 bits per heavy atom. The number of thiazole rings is 1. The minimum atomic E-state index is -3.70. The normalized spacial score (nSPS) is 11.7. The average molecular weight is 467 g/mol. The molecule has 7 nitrogen and oxygen atoms in total. The zero-order chi connectivity index (χ0) is 21.6. The van der Waals surface area contributed by atoms with Crippen LogP contribution in [-0.2, 0) is 24.1 Å². The van der Waals surface area contributed by atoms with E-state index in [2.05, 4.69) is 10.3 Å². The summed E-state index contributed by atoms with van der Waals surface area (Å²) >= 11 is 2.97. The Kier molecular flexibility index (Phi) is 7.84. The zero-order valence-electron chi connectivity index (χ0n) is 16.6. The Morgan fingerprint density at radius 2 is 1.93 bits per heavy atom. The Balaban J connectivity index is 1.61. The highest BCUT2D eigenvalue weighted by Gasteiger charge is 2.19. The van der Waals surface area contributed by atoms with Crippen molar-refractivity contribution in [2.24, 2.45) is 0 Å². The molecular weight excluding hydrogens is 444 g/mol. The fourth-order valence-electron chi connectivity index (χ4n) is 2.53. The van der Waals surface area contributed by atoms with Crippen LogP contribution in [0, 0.1) is 6.92 Å². The van der Waals surface area contributed by atoms with Crippen molar-refractivity contribution in [2.45, 2.75) is 16.2 Å². The number of hydrogen-bond donors (Lipinski definition) is 1. The van der Waals surface area contributed by atoms with Crippen molar-refractivity contribution >= 4 is 54.7 Å². The number of methoxy groups -OCH3 is 1. The van der Waals surface area contributed by atoms with E-state index in [9.17, 15) is 13.2 Å². The van der Waals surface area contributed by atoms with Crippen LogP contribution in [0.4, 0.5) is 5.69 Å². The molecule has 0 saturated carbocycles. The van der Waals surface area contributed by atoms with E-state index < -0.39 is 21.5 Å². The second-order valence-corrected chi connectivity index (χ2v) is 10.6. The molecule has 0 aliphatic rings. The first kappa shape index (κ1) is 22.7. The van der Waals surface area contributed by atoms with Crippen LogP contribution in [0.2, 0.25) is 0 Å². The van der Waals surface area contributed by atoms with Gasteiger partial charge in [-0.25, -0.2) is 13.4 Å². The molecule has 160 valence electrons. The van der Waals surface area contributed by atoms with Gasteiger partial charge in [0.05, 0.1) is 34.3 Å². The third-order valence-corrected chi connectivity index (χ3v) is 7.72. The number of fused-ring (bicyclic) bond motifs is 1. The molecule has 0 aliphatic heterocycles. The Hall–Kier alpha value is -1.98. The van der Waals surface area contributed by atoms with Gasteiger partial charge >= 0.3 is 0 Å². The molecule has 1 N–H and O–H groups in total. The largest absolute Gasteiger partial charge is 0.382 e. The van der Waals surface area contributed by atoms with Gasteiger partial charge in [-0.05, 0) is 37.3 Å². The minimum Gasteiger partial charge on any atom is -0.382 e. The molecule has 0 radical (unpaired) electrons. The van der Waals surface area contributed by atoms with Gasteiger partial charge in [-0.2, -0.15) is 0 Å². The molecule has 10 heteroatoms. The van der Waals surface area contributed by atoms with Crippen LogP contribution in [0.25, 0.3) is 10.2 Å². The van der Waals surface area contributed by atoms with E-state index in [1.54, 1.807) is 37.4 Å². The van der Waals surface area contributed by atoms with Gasteiger partial charge in [0.25, 0.3) is 0 Å². The van der Waals surface area contributed by atoms with Gasteiger partial charge in [0.1, 0.15) is 5.75 Å². The summed E-state index contributed by atoms with van der Waals surface area (Å²) in [6.07, 6.45) is 0. The molecule has 2 aromatic carbocycles. The molecule has 0 aliphatic carbocycles. The highest BCUT2D eigenvalue weighted by Crippen LogP contribution is 2.31. The Bertz CT molecular complexity index is 1110. The molecule has 0 bridgehead atoms. The molecule has 0 fully saturated rings. The van der Waals surface area contributed by atoms with Crippen molar-refractivity contribution in [3.63, 3.8) is 0 Å². The number of hydrogen-bond acceptors (Lipinski definition) is 8. The van der Waals surface area contributed by atoms with E-state index in [4.69, 9.17) is 9.47 Å². The standard InChI is InChI=1S/C20H22N2O5S3/c1-14-3-6-16(7-4-14)30(24,25)12-19(23)21-15-5-8-17-18(11-15)29-20(22-17)28-13-27-10-9-26-2/h3-8,11H,9-10,12-13H2,1-2H3,(H,21,23). The molecular formula is C20H22N2O5S3. The van der Waals surface area contributed by atoms with Crippen molar-refractivity contribution < 1.29 is 22.7 Å². The van der Waals surface area contributed by atoms with Gasteiger partial charge in [-0.3, -0.25) is 4.79 Å². The maximum Gasteiger partial charge on any atom is 0.239 e. The maximum absolute atomic E-state index is 12.4. The van der Waals surface area contributed by atoms with Gasteiger partial charge in [-0.1, -0.05) is 29.5 Å². The number of sulfone groups is 1. The highest BCUT2D eigenvalue weighted by atomic mass is 32.2. The molecule has 30 heavy (non-hydrogen) atoms. The quantitative estimate of drug-likeness (QED) is 0.276. The average Bonchev–Trinajstić information content (AvgIpc) is 3.09. The number of ether oxygens (including phenoxy) is 2. The molecule has 3 aromatic rings. The molecule has 3 rings (SSSR count). The third-order valence-electron chi connectivity index (χ3n) is 4.05. The predicted octanol–water partition coefficient (Wildman–Crippen LogP) is 3.73. The number of thioether (sulfide) groups is 1. The van der Waals surface area contributed by atoms with Gasteiger partial charge < -0.3 is 14.8 Å². The van der Waals surface area contributed by atoms with Crippen LogP contribution >= 0.6 is 23.1 Å². The lowest BCUT2D eigenvalue weighted by Crippen LogP contribution is -2.23. The number of carbonyl (C=O) groups is 1. The summed E-state index contributed by atoms with van der Waals surface area (Å²) in [7, 11) is -2.08. The fourth-order valence-corrected chi connectivity index (χ4v) is 5.52. The van der Waals surface area contributed by atoms with Crippen LogP contribution in [0.1, 0.15) is 5.56 Å². The number of aryl methyl sites for hydroxylation is 1. The predicted molar refractivity (Wildman–Crippen MR) is 120 cm³/mol. The molecule has 1 amide bonds. The third kappa shape index (κ3) is 6.26. The first-order valence-corrected chi connectivity index (χ1v) is 12.5. The number of amides is 1. The molecule has 1 aromatic heterocycles. The van der Waals surface area contributed by atoms with E-state index >= 15 is 0 Å². The lowest BCUT2D eigenvalue weighted by molar-refractivity contribution is -0.113. The number of carbonyl (C=O) groups excluding carboxylic acids is 1. The molecule has 0 spiro atoms. The van der Waals surface area contributed by atoms with Crippen LogP contribution in [0.15, 0.2) is 51.7 Å². The molecule has 0 saturated heterocycles. The van der Waals surface area contributed by atoms with E-state index in [0.29, 0.717) is 24.8 Å². The summed E-state index contributed by atoms with van der Waals surface area (Å²) in [6.45, 7) is 2.94. The summed E-state index contributed by atoms with van der Waals surface area (Å²) in [4.78, 5) is 17.0. The summed E-state index contributed by atoms with van der Waals surface area (Å²) in [5, 5.41) is 2.66. The number of benzene rings is 2. The number of aromatic nitrogens is 1. The topological polar surface area (TPSA) is 94.6 Å². The van der Waals surface area contributed by atoms with E-state index in [-0.39, 0.29) is 4.90 Å². The second kappa shape index (κ2) is 10.4. The van der Waals surface area contributed by atoms with Gasteiger partial charge in [0.2, 0.25) is 5.91 Å².